The minimum absolute atomic E-state index is 0.759. The van der Waals surface area contributed by atoms with Crippen molar-refractivity contribution in [2.75, 3.05) is 5.43 Å². The standard InChI is InChI=1S/C18H17N3O/c1-13(19-20-16-11-7-4-8-12-16)17-14(2)22-21-18(17)15-9-5-3-6-10-15/h3-12,20H,1-2H3. The lowest BCUT2D eigenvalue weighted by Crippen LogP contribution is -2.02. The van der Waals surface area contributed by atoms with E-state index in [9.17, 15) is 0 Å². The van der Waals surface area contributed by atoms with Crippen LogP contribution in [0.2, 0.25) is 0 Å². The van der Waals surface area contributed by atoms with Crippen LogP contribution in [0.1, 0.15) is 18.2 Å². The van der Waals surface area contributed by atoms with Gasteiger partial charge in [-0.3, -0.25) is 5.43 Å². The molecule has 22 heavy (non-hydrogen) atoms. The molecule has 110 valence electrons. The number of nitrogens with zero attached hydrogens (tertiary/aromatic N) is 2. The van der Waals surface area contributed by atoms with E-state index in [1.165, 1.54) is 0 Å². The second-order valence-electron chi connectivity index (χ2n) is 5.00. The zero-order valence-electron chi connectivity index (χ0n) is 12.6. The Labute approximate surface area is 129 Å². The Bertz CT molecular complexity index is 777. The molecule has 0 fully saturated rings. The van der Waals surface area contributed by atoms with Crippen molar-refractivity contribution in [3.8, 4) is 11.3 Å². The lowest BCUT2D eigenvalue weighted by atomic mass is 10.0. The quantitative estimate of drug-likeness (QED) is 0.569. The van der Waals surface area contributed by atoms with Gasteiger partial charge in [0, 0.05) is 5.56 Å². The van der Waals surface area contributed by atoms with E-state index in [0.717, 1.165) is 34.0 Å². The molecule has 0 radical (unpaired) electrons. The Morgan fingerprint density at radius 2 is 1.64 bits per heavy atom. The molecular formula is C18H17N3O. The second-order valence-corrected chi connectivity index (χ2v) is 5.00. The van der Waals surface area contributed by atoms with Crippen LogP contribution in [0.3, 0.4) is 0 Å². The van der Waals surface area contributed by atoms with Gasteiger partial charge in [0.2, 0.25) is 0 Å². The van der Waals surface area contributed by atoms with E-state index in [1.54, 1.807) is 0 Å². The van der Waals surface area contributed by atoms with Crippen LogP contribution in [0.4, 0.5) is 5.69 Å². The lowest BCUT2D eigenvalue weighted by molar-refractivity contribution is 0.399. The van der Waals surface area contributed by atoms with Crippen LogP contribution in [-0.4, -0.2) is 10.9 Å². The van der Waals surface area contributed by atoms with Crippen molar-refractivity contribution in [3.05, 3.63) is 72.0 Å². The number of anilines is 1. The van der Waals surface area contributed by atoms with Crippen LogP contribution in [0.5, 0.6) is 0 Å². The SMILES string of the molecule is CC(=NNc1ccccc1)c1c(-c2ccccc2)noc1C. The van der Waals surface area contributed by atoms with Crippen LogP contribution in [0.25, 0.3) is 11.3 Å². The summed E-state index contributed by atoms with van der Waals surface area (Å²) in [6.45, 7) is 3.85. The Morgan fingerprint density at radius 1 is 1.00 bits per heavy atom. The van der Waals surface area contributed by atoms with Crippen molar-refractivity contribution in [3.63, 3.8) is 0 Å². The average Bonchev–Trinajstić information content (AvgIpc) is 2.96. The van der Waals surface area contributed by atoms with Gasteiger partial charge in [-0.2, -0.15) is 5.10 Å². The normalized spacial score (nSPS) is 11.5. The van der Waals surface area contributed by atoms with Crippen molar-refractivity contribution in [2.45, 2.75) is 13.8 Å². The number of hydrogen-bond donors (Lipinski definition) is 1. The minimum Gasteiger partial charge on any atom is -0.360 e. The maximum atomic E-state index is 5.36. The molecule has 0 aliphatic carbocycles. The summed E-state index contributed by atoms with van der Waals surface area (Å²) in [5.41, 5.74) is 7.59. The first-order chi connectivity index (χ1) is 10.8. The van der Waals surface area contributed by atoms with Crippen LogP contribution in [0, 0.1) is 6.92 Å². The van der Waals surface area contributed by atoms with Gasteiger partial charge in [0.25, 0.3) is 0 Å². The molecule has 1 heterocycles. The van der Waals surface area contributed by atoms with Gasteiger partial charge in [0.15, 0.2) is 0 Å². The smallest absolute Gasteiger partial charge is 0.143 e. The Balaban J connectivity index is 1.93. The molecule has 4 heteroatoms. The zero-order chi connectivity index (χ0) is 15.4. The number of hydrogen-bond acceptors (Lipinski definition) is 4. The summed E-state index contributed by atoms with van der Waals surface area (Å²) in [6.07, 6.45) is 0. The van der Waals surface area contributed by atoms with Gasteiger partial charge < -0.3 is 4.52 Å². The highest BCUT2D eigenvalue weighted by molar-refractivity contribution is 6.04. The Morgan fingerprint density at radius 3 is 2.32 bits per heavy atom. The van der Waals surface area contributed by atoms with E-state index in [-0.39, 0.29) is 0 Å². The number of nitrogens with one attached hydrogen (secondary N) is 1. The minimum atomic E-state index is 0.759. The van der Waals surface area contributed by atoms with Crippen LogP contribution < -0.4 is 5.43 Å². The third-order valence-electron chi connectivity index (χ3n) is 3.40. The number of para-hydroxylation sites is 1. The molecule has 0 saturated heterocycles. The summed E-state index contributed by atoms with van der Waals surface area (Å²) in [5, 5.41) is 8.63. The van der Waals surface area contributed by atoms with Gasteiger partial charge in [-0.25, -0.2) is 0 Å². The number of aromatic nitrogens is 1. The van der Waals surface area contributed by atoms with Crippen molar-refractivity contribution in [1.82, 2.24) is 5.16 Å². The van der Waals surface area contributed by atoms with Gasteiger partial charge in [0.05, 0.1) is 17.0 Å². The van der Waals surface area contributed by atoms with Gasteiger partial charge >= 0.3 is 0 Å². The van der Waals surface area contributed by atoms with Gasteiger partial charge in [0.1, 0.15) is 11.5 Å². The number of hydrazone groups is 1. The first kappa shape index (κ1) is 14.1. The van der Waals surface area contributed by atoms with E-state index in [4.69, 9.17) is 4.52 Å². The maximum Gasteiger partial charge on any atom is 0.143 e. The predicted octanol–water partition coefficient (Wildman–Crippen LogP) is 4.49. The highest BCUT2D eigenvalue weighted by atomic mass is 16.5. The number of benzene rings is 2. The summed E-state index contributed by atoms with van der Waals surface area (Å²) in [6, 6.07) is 19.8. The largest absolute Gasteiger partial charge is 0.360 e. The summed E-state index contributed by atoms with van der Waals surface area (Å²) in [4.78, 5) is 0. The maximum absolute atomic E-state index is 5.36. The third kappa shape index (κ3) is 2.91. The van der Waals surface area contributed by atoms with Crippen molar-refractivity contribution < 1.29 is 4.52 Å². The molecule has 0 atom stereocenters. The molecule has 0 amide bonds. The summed E-state index contributed by atoms with van der Waals surface area (Å²) in [5.74, 6) is 0.759. The molecule has 0 bridgehead atoms. The van der Waals surface area contributed by atoms with Crippen molar-refractivity contribution in [2.24, 2.45) is 5.10 Å². The summed E-state index contributed by atoms with van der Waals surface area (Å²) >= 11 is 0. The Hall–Kier alpha value is -2.88. The molecule has 0 unspecified atom stereocenters. The first-order valence-electron chi connectivity index (χ1n) is 7.13. The molecular weight excluding hydrogens is 274 g/mol. The molecule has 0 saturated carbocycles. The number of rotatable bonds is 4. The lowest BCUT2D eigenvalue weighted by Gasteiger charge is -2.04. The zero-order valence-corrected chi connectivity index (χ0v) is 12.6. The van der Waals surface area contributed by atoms with E-state index in [0.29, 0.717) is 0 Å². The summed E-state index contributed by atoms with van der Waals surface area (Å²) in [7, 11) is 0. The average molecular weight is 291 g/mol. The molecule has 2 aromatic carbocycles. The summed E-state index contributed by atoms with van der Waals surface area (Å²) < 4.78 is 5.36. The molecule has 1 N–H and O–H groups in total. The van der Waals surface area contributed by atoms with Gasteiger partial charge in [-0.1, -0.05) is 53.7 Å². The van der Waals surface area contributed by atoms with Crippen LogP contribution in [-0.2, 0) is 0 Å². The molecule has 0 aliphatic heterocycles. The van der Waals surface area contributed by atoms with Crippen LogP contribution >= 0.6 is 0 Å². The molecule has 0 spiro atoms. The van der Waals surface area contributed by atoms with E-state index in [2.05, 4.69) is 15.7 Å². The fourth-order valence-corrected chi connectivity index (χ4v) is 2.31. The second kappa shape index (κ2) is 6.26. The van der Waals surface area contributed by atoms with Gasteiger partial charge in [-0.15, -0.1) is 0 Å². The number of aryl methyl sites for hydroxylation is 1. The Kier molecular flexibility index (Phi) is 4.01. The highest BCUT2D eigenvalue weighted by Crippen LogP contribution is 2.25. The fraction of sp³-hybridized carbons (Fsp3) is 0.111. The fourth-order valence-electron chi connectivity index (χ4n) is 2.31. The molecule has 1 aromatic heterocycles. The van der Waals surface area contributed by atoms with E-state index in [1.807, 2.05) is 74.5 Å². The molecule has 3 aromatic rings. The van der Waals surface area contributed by atoms with E-state index < -0.39 is 0 Å². The van der Waals surface area contributed by atoms with Crippen molar-refractivity contribution in [1.29, 1.82) is 0 Å². The van der Waals surface area contributed by atoms with E-state index >= 15 is 0 Å². The topological polar surface area (TPSA) is 50.4 Å². The molecule has 0 aliphatic rings. The predicted molar refractivity (Wildman–Crippen MR) is 89.0 cm³/mol. The van der Waals surface area contributed by atoms with Gasteiger partial charge in [-0.05, 0) is 26.0 Å². The first-order valence-corrected chi connectivity index (χ1v) is 7.13. The van der Waals surface area contributed by atoms with Crippen molar-refractivity contribution >= 4 is 11.4 Å². The van der Waals surface area contributed by atoms with Crippen LogP contribution in [0.15, 0.2) is 70.3 Å². The highest BCUT2D eigenvalue weighted by Gasteiger charge is 2.17. The monoisotopic (exact) mass is 291 g/mol. The molecule has 3 rings (SSSR count). The third-order valence-corrected chi connectivity index (χ3v) is 3.40. The molecule has 4 nitrogen and oxygen atoms in total.